The summed E-state index contributed by atoms with van der Waals surface area (Å²) in [6.07, 6.45) is 4.89. The Bertz CT molecular complexity index is 308. The van der Waals surface area contributed by atoms with Crippen LogP contribution in [0.4, 0.5) is 0 Å². The predicted molar refractivity (Wildman–Crippen MR) is 71.4 cm³/mol. The van der Waals surface area contributed by atoms with Gasteiger partial charge < -0.3 is 16.0 Å². The van der Waals surface area contributed by atoms with Gasteiger partial charge >= 0.3 is 0 Å². The first-order valence-electron chi connectivity index (χ1n) is 6.47. The van der Waals surface area contributed by atoms with E-state index in [1.54, 1.807) is 4.90 Å². The zero-order chi connectivity index (χ0) is 12.3. The van der Waals surface area contributed by atoms with Crippen molar-refractivity contribution in [1.29, 1.82) is 0 Å². The van der Waals surface area contributed by atoms with E-state index >= 15 is 0 Å². The highest BCUT2D eigenvalue weighted by molar-refractivity contribution is 5.85. The standard InChI is InChI=1S/C12H21N3O2.ClH/c13-10(9-4-5-9)7-14-11(16)8-15-6-2-1-3-12(15)17;/h9-10H,1-8,13H2,(H,14,16);1H. The maximum atomic E-state index is 11.6. The lowest BCUT2D eigenvalue weighted by molar-refractivity contribution is -0.137. The van der Waals surface area contributed by atoms with Crippen molar-refractivity contribution in [3.8, 4) is 0 Å². The highest BCUT2D eigenvalue weighted by Crippen LogP contribution is 2.31. The summed E-state index contributed by atoms with van der Waals surface area (Å²) in [5.41, 5.74) is 5.89. The van der Waals surface area contributed by atoms with Crippen LogP contribution >= 0.6 is 12.4 Å². The number of hydrogen-bond acceptors (Lipinski definition) is 3. The lowest BCUT2D eigenvalue weighted by Gasteiger charge is -2.26. The maximum absolute atomic E-state index is 11.6. The Balaban J connectivity index is 0.00000162. The second-order valence-corrected chi connectivity index (χ2v) is 5.08. The Kier molecular flexibility index (Phi) is 5.88. The van der Waals surface area contributed by atoms with Crippen LogP contribution in [0.2, 0.25) is 0 Å². The number of carbonyl (C=O) groups excluding carboxylic acids is 2. The van der Waals surface area contributed by atoms with Gasteiger partial charge in [0.2, 0.25) is 11.8 Å². The number of piperidine rings is 1. The van der Waals surface area contributed by atoms with Crippen molar-refractivity contribution in [2.24, 2.45) is 11.7 Å². The van der Waals surface area contributed by atoms with Gasteiger partial charge in [-0.2, -0.15) is 0 Å². The molecular weight excluding hydrogens is 254 g/mol. The molecule has 0 aromatic carbocycles. The molecule has 1 heterocycles. The van der Waals surface area contributed by atoms with E-state index in [-0.39, 0.29) is 36.8 Å². The van der Waals surface area contributed by atoms with Gasteiger partial charge in [0, 0.05) is 25.6 Å². The summed E-state index contributed by atoms with van der Waals surface area (Å²) in [6, 6.07) is 0.0796. The van der Waals surface area contributed by atoms with Gasteiger partial charge in [-0.3, -0.25) is 9.59 Å². The molecule has 1 saturated heterocycles. The number of likely N-dealkylation sites (tertiary alicyclic amines) is 1. The molecule has 1 atom stereocenters. The van der Waals surface area contributed by atoms with Crippen molar-refractivity contribution in [3.63, 3.8) is 0 Å². The summed E-state index contributed by atoms with van der Waals surface area (Å²) < 4.78 is 0. The van der Waals surface area contributed by atoms with Crippen molar-refractivity contribution in [3.05, 3.63) is 0 Å². The zero-order valence-corrected chi connectivity index (χ0v) is 11.4. The Morgan fingerprint density at radius 1 is 1.44 bits per heavy atom. The molecule has 2 fully saturated rings. The molecule has 104 valence electrons. The van der Waals surface area contributed by atoms with Gasteiger partial charge in [-0.25, -0.2) is 0 Å². The summed E-state index contributed by atoms with van der Waals surface area (Å²) >= 11 is 0. The summed E-state index contributed by atoms with van der Waals surface area (Å²) in [7, 11) is 0. The minimum Gasteiger partial charge on any atom is -0.353 e. The molecule has 2 aliphatic rings. The van der Waals surface area contributed by atoms with Crippen LogP contribution in [0.3, 0.4) is 0 Å². The topological polar surface area (TPSA) is 75.4 Å². The van der Waals surface area contributed by atoms with Crippen LogP contribution in [0.25, 0.3) is 0 Å². The summed E-state index contributed by atoms with van der Waals surface area (Å²) in [4.78, 5) is 24.8. The Hall–Kier alpha value is -0.810. The molecule has 5 nitrogen and oxygen atoms in total. The number of nitrogens with one attached hydrogen (secondary N) is 1. The fourth-order valence-corrected chi connectivity index (χ4v) is 2.18. The van der Waals surface area contributed by atoms with E-state index in [0.717, 1.165) is 12.8 Å². The van der Waals surface area contributed by atoms with Crippen molar-refractivity contribution in [2.45, 2.75) is 38.1 Å². The zero-order valence-electron chi connectivity index (χ0n) is 10.6. The van der Waals surface area contributed by atoms with Crippen molar-refractivity contribution >= 4 is 24.2 Å². The van der Waals surface area contributed by atoms with Gasteiger partial charge in [0.15, 0.2) is 0 Å². The van der Waals surface area contributed by atoms with Gasteiger partial charge in [0.1, 0.15) is 0 Å². The minimum absolute atomic E-state index is 0. The van der Waals surface area contributed by atoms with E-state index in [0.29, 0.717) is 25.4 Å². The van der Waals surface area contributed by atoms with Crippen molar-refractivity contribution < 1.29 is 9.59 Å². The van der Waals surface area contributed by atoms with Crippen molar-refractivity contribution in [2.75, 3.05) is 19.6 Å². The molecular formula is C12H22ClN3O2. The number of carbonyl (C=O) groups is 2. The van der Waals surface area contributed by atoms with Crippen LogP contribution in [0.15, 0.2) is 0 Å². The number of rotatable bonds is 5. The molecule has 6 heteroatoms. The molecule has 18 heavy (non-hydrogen) atoms. The van der Waals surface area contributed by atoms with E-state index < -0.39 is 0 Å². The van der Waals surface area contributed by atoms with Crippen LogP contribution in [-0.2, 0) is 9.59 Å². The molecule has 1 saturated carbocycles. The molecule has 0 spiro atoms. The van der Waals surface area contributed by atoms with Gasteiger partial charge in [0.05, 0.1) is 6.54 Å². The van der Waals surface area contributed by atoms with Crippen LogP contribution in [0.5, 0.6) is 0 Å². The number of nitrogens with two attached hydrogens (primary N) is 1. The van der Waals surface area contributed by atoms with Crippen LogP contribution < -0.4 is 11.1 Å². The predicted octanol–water partition coefficient (Wildman–Crippen LogP) is 0.274. The van der Waals surface area contributed by atoms with Gasteiger partial charge in [-0.05, 0) is 31.6 Å². The molecule has 1 unspecified atom stereocenters. The lowest BCUT2D eigenvalue weighted by Crippen LogP contribution is -2.46. The third kappa shape index (κ3) is 4.46. The third-order valence-electron chi connectivity index (χ3n) is 3.52. The number of hydrogen-bond donors (Lipinski definition) is 2. The molecule has 0 aromatic rings. The minimum atomic E-state index is -0.0867. The van der Waals surface area contributed by atoms with Crippen LogP contribution in [0.1, 0.15) is 32.1 Å². The smallest absolute Gasteiger partial charge is 0.239 e. The van der Waals surface area contributed by atoms with Crippen molar-refractivity contribution in [1.82, 2.24) is 10.2 Å². The summed E-state index contributed by atoms with van der Waals surface area (Å²) in [6.45, 7) is 1.43. The largest absolute Gasteiger partial charge is 0.353 e. The van der Waals surface area contributed by atoms with E-state index in [2.05, 4.69) is 5.32 Å². The maximum Gasteiger partial charge on any atom is 0.239 e. The first-order chi connectivity index (χ1) is 8.16. The molecule has 3 N–H and O–H groups in total. The molecule has 0 radical (unpaired) electrons. The molecule has 2 rings (SSSR count). The number of nitrogens with zero attached hydrogens (tertiary/aromatic N) is 1. The summed E-state index contributed by atoms with van der Waals surface area (Å²) in [5, 5.41) is 2.81. The highest BCUT2D eigenvalue weighted by atomic mass is 35.5. The lowest BCUT2D eigenvalue weighted by atomic mass is 10.1. The second-order valence-electron chi connectivity index (χ2n) is 5.08. The van der Waals surface area contributed by atoms with Crippen LogP contribution in [-0.4, -0.2) is 42.4 Å². The summed E-state index contributed by atoms with van der Waals surface area (Å²) in [5.74, 6) is 0.598. The first kappa shape index (κ1) is 15.2. The van der Waals surface area contributed by atoms with E-state index in [1.807, 2.05) is 0 Å². The third-order valence-corrected chi connectivity index (χ3v) is 3.52. The molecule has 0 bridgehead atoms. The normalized spacial score (nSPS) is 21.2. The Morgan fingerprint density at radius 2 is 2.17 bits per heavy atom. The highest BCUT2D eigenvalue weighted by Gasteiger charge is 2.28. The molecule has 1 aliphatic carbocycles. The quantitative estimate of drug-likeness (QED) is 0.756. The monoisotopic (exact) mass is 275 g/mol. The molecule has 1 aliphatic heterocycles. The SMILES string of the molecule is Cl.NC(CNC(=O)CN1CCCCC1=O)C1CC1. The Labute approximate surface area is 114 Å². The van der Waals surface area contributed by atoms with E-state index in [9.17, 15) is 9.59 Å². The average Bonchev–Trinajstić information content (AvgIpc) is 3.13. The Morgan fingerprint density at radius 3 is 2.78 bits per heavy atom. The van der Waals surface area contributed by atoms with Gasteiger partial charge in [-0.15, -0.1) is 12.4 Å². The first-order valence-corrected chi connectivity index (χ1v) is 6.47. The molecule has 0 aromatic heterocycles. The van der Waals surface area contributed by atoms with E-state index in [4.69, 9.17) is 5.73 Å². The average molecular weight is 276 g/mol. The van der Waals surface area contributed by atoms with Gasteiger partial charge in [-0.1, -0.05) is 0 Å². The number of halogens is 1. The fraction of sp³-hybridized carbons (Fsp3) is 0.833. The number of amides is 2. The van der Waals surface area contributed by atoms with Gasteiger partial charge in [0.25, 0.3) is 0 Å². The molecule has 2 amide bonds. The van der Waals surface area contributed by atoms with Crippen LogP contribution in [0, 0.1) is 5.92 Å². The second kappa shape index (κ2) is 6.95. The fourth-order valence-electron chi connectivity index (χ4n) is 2.18. The van der Waals surface area contributed by atoms with E-state index in [1.165, 1.54) is 12.8 Å².